The van der Waals surface area contributed by atoms with Gasteiger partial charge in [-0.3, -0.25) is 9.78 Å². The number of aromatic nitrogens is 3. The van der Waals surface area contributed by atoms with E-state index in [1.54, 1.807) is 43.5 Å². The number of nitrogens with zero attached hydrogens (tertiary/aromatic N) is 2. The van der Waals surface area contributed by atoms with Gasteiger partial charge in [-0.05, 0) is 55.7 Å². The zero-order chi connectivity index (χ0) is 23.7. The summed E-state index contributed by atoms with van der Waals surface area (Å²) in [5.41, 5.74) is 3.17. The van der Waals surface area contributed by atoms with E-state index in [2.05, 4.69) is 20.3 Å². The molecule has 172 valence electrons. The van der Waals surface area contributed by atoms with Crippen molar-refractivity contribution in [3.8, 4) is 23.0 Å². The van der Waals surface area contributed by atoms with Crippen LogP contribution in [0.2, 0.25) is 0 Å². The fraction of sp³-hybridized carbons (Fsp3) is 0.192. The van der Waals surface area contributed by atoms with Crippen LogP contribution in [0, 0.1) is 18.6 Å². The lowest BCUT2D eigenvalue weighted by Crippen LogP contribution is -2.23. The molecule has 34 heavy (non-hydrogen) atoms. The van der Waals surface area contributed by atoms with Gasteiger partial charge in [0.1, 0.15) is 28.8 Å². The minimum atomic E-state index is -0.689. The van der Waals surface area contributed by atoms with Gasteiger partial charge in [-0.1, -0.05) is 6.07 Å². The van der Waals surface area contributed by atoms with Crippen molar-refractivity contribution in [2.45, 2.75) is 32.2 Å². The lowest BCUT2D eigenvalue weighted by atomic mass is 10.1. The molecule has 1 amide bonds. The zero-order valence-electron chi connectivity index (χ0n) is 18.4. The van der Waals surface area contributed by atoms with Crippen molar-refractivity contribution in [1.29, 1.82) is 0 Å². The van der Waals surface area contributed by atoms with Crippen molar-refractivity contribution < 1.29 is 18.3 Å². The third-order valence-corrected chi connectivity index (χ3v) is 5.72. The topological polar surface area (TPSA) is 79.9 Å². The van der Waals surface area contributed by atoms with Crippen LogP contribution in [0.3, 0.4) is 0 Å². The number of carbonyl (C=O) groups excluding carboxylic acids is 1. The van der Waals surface area contributed by atoms with Crippen LogP contribution >= 0.6 is 0 Å². The van der Waals surface area contributed by atoms with Crippen molar-refractivity contribution in [3.05, 3.63) is 94.9 Å². The van der Waals surface area contributed by atoms with E-state index in [9.17, 15) is 13.6 Å². The Morgan fingerprint density at radius 2 is 1.91 bits per heavy atom. The van der Waals surface area contributed by atoms with Crippen LogP contribution in [0.15, 0.2) is 60.9 Å². The van der Waals surface area contributed by atoms with E-state index in [0.717, 1.165) is 11.8 Å². The number of pyridine rings is 1. The van der Waals surface area contributed by atoms with Crippen molar-refractivity contribution in [1.82, 2.24) is 20.3 Å². The van der Waals surface area contributed by atoms with Gasteiger partial charge in [0.15, 0.2) is 5.82 Å². The van der Waals surface area contributed by atoms with E-state index in [0.29, 0.717) is 45.6 Å². The Morgan fingerprint density at radius 3 is 2.68 bits per heavy atom. The van der Waals surface area contributed by atoms with Gasteiger partial charge in [-0.15, -0.1) is 0 Å². The summed E-state index contributed by atoms with van der Waals surface area (Å²) in [6, 6.07) is 11.8. The number of aromatic amines is 1. The number of ether oxygens (including phenoxy) is 1. The number of nitrogens with one attached hydrogen (secondary N) is 2. The molecule has 0 unspecified atom stereocenters. The molecule has 0 atom stereocenters. The maximum Gasteiger partial charge on any atom is 0.251 e. The third-order valence-electron chi connectivity index (χ3n) is 5.72. The molecule has 1 aliphatic rings. The fourth-order valence-corrected chi connectivity index (χ4v) is 3.76. The fourth-order valence-electron chi connectivity index (χ4n) is 3.76. The Bertz CT molecular complexity index is 1340. The predicted molar refractivity (Wildman–Crippen MR) is 123 cm³/mol. The predicted octanol–water partition coefficient (Wildman–Crippen LogP) is 5.66. The molecule has 2 aromatic carbocycles. The minimum Gasteiger partial charge on any atom is -0.457 e. The second-order valence-electron chi connectivity index (χ2n) is 8.33. The maximum absolute atomic E-state index is 13.4. The number of amides is 1. The molecular weight excluding hydrogens is 438 g/mol. The first-order valence-electron chi connectivity index (χ1n) is 11.0. The first-order chi connectivity index (χ1) is 16.5. The van der Waals surface area contributed by atoms with Crippen LogP contribution in [-0.2, 0) is 6.54 Å². The average molecular weight is 460 g/mol. The second-order valence-corrected chi connectivity index (χ2v) is 8.33. The number of imidazole rings is 1. The second kappa shape index (κ2) is 9.05. The van der Waals surface area contributed by atoms with E-state index in [1.165, 1.54) is 25.0 Å². The summed E-state index contributed by atoms with van der Waals surface area (Å²) in [6.45, 7) is 1.78. The van der Waals surface area contributed by atoms with Gasteiger partial charge in [0.05, 0.1) is 0 Å². The molecule has 1 aliphatic carbocycles. The Hall–Kier alpha value is -4.07. The van der Waals surface area contributed by atoms with Gasteiger partial charge < -0.3 is 15.0 Å². The van der Waals surface area contributed by atoms with E-state index in [4.69, 9.17) is 4.74 Å². The minimum absolute atomic E-state index is 0.00224. The van der Waals surface area contributed by atoms with Gasteiger partial charge in [-0.25, -0.2) is 13.8 Å². The monoisotopic (exact) mass is 460 g/mol. The van der Waals surface area contributed by atoms with E-state index in [-0.39, 0.29) is 12.5 Å². The highest BCUT2D eigenvalue weighted by molar-refractivity contribution is 5.96. The molecule has 8 heteroatoms. The van der Waals surface area contributed by atoms with Gasteiger partial charge in [0.25, 0.3) is 5.91 Å². The van der Waals surface area contributed by atoms with Crippen molar-refractivity contribution in [2.75, 3.05) is 0 Å². The van der Waals surface area contributed by atoms with Crippen LogP contribution in [0.4, 0.5) is 8.78 Å². The molecule has 1 saturated carbocycles. The molecule has 4 aromatic rings. The van der Waals surface area contributed by atoms with Gasteiger partial charge in [0.2, 0.25) is 0 Å². The summed E-state index contributed by atoms with van der Waals surface area (Å²) in [6.07, 6.45) is 5.86. The van der Waals surface area contributed by atoms with Crippen molar-refractivity contribution >= 4 is 5.91 Å². The SMILES string of the molecule is Cc1c(Oc2ccnc(-c3ncc(C4CC4)[nH]3)c2)cccc1C(=O)NCc1cc(F)cc(F)c1. The molecule has 0 bridgehead atoms. The van der Waals surface area contributed by atoms with Crippen molar-refractivity contribution in [2.24, 2.45) is 0 Å². The Morgan fingerprint density at radius 1 is 1.12 bits per heavy atom. The molecule has 1 fully saturated rings. The molecule has 0 saturated heterocycles. The van der Waals surface area contributed by atoms with Crippen LogP contribution < -0.4 is 10.1 Å². The summed E-state index contributed by atoms with van der Waals surface area (Å²) in [5, 5.41) is 2.70. The standard InChI is InChI=1S/C26H22F2N4O2/c1-15-21(26(33)31-13-16-9-18(27)11-19(28)10-16)3-2-4-24(15)34-20-7-8-29-22(12-20)25-30-14-23(32-25)17-5-6-17/h2-4,7-12,14,17H,5-6,13H2,1H3,(H,30,32)(H,31,33). The number of halogens is 2. The molecule has 2 heterocycles. The smallest absolute Gasteiger partial charge is 0.251 e. The highest BCUT2D eigenvalue weighted by atomic mass is 19.1. The molecule has 5 rings (SSSR count). The summed E-state index contributed by atoms with van der Waals surface area (Å²) in [7, 11) is 0. The molecule has 2 aromatic heterocycles. The molecule has 2 N–H and O–H groups in total. The number of carbonyl (C=O) groups is 1. The Kier molecular flexibility index (Phi) is 5.79. The summed E-state index contributed by atoms with van der Waals surface area (Å²) in [4.78, 5) is 24.9. The third kappa shape index (κ3) is 4.80. The lowest BCUT2D eigenvalue weighted by molar-refractivity contribution is 0.0950. The number of benzene rings is 2. The van der Waals surface area contributed by atoms with E-state index >= 15 is 0 Å². The Balaban J connectivity index is 1.31. The van der Waals surface area contributed by atoms with Crippen molar-refractivity contribution in [3.63, 3.8) is 0 Å². The first-order valence-corrected chi connectivity index (χ1v) is 11.0. The molecular formula is C26H22F2N4O2. The molecule has 0 spiro atoms. The van der Waals surface area contributed by atoms with Crippen LogP contribution in [0.5, 0.6) is 11.5 Å². The maximum atomic E-state index is 13.4. The van der Waals surface area contributed by atoms with Gasteiger partial charge in [0, 0.05) is 53.8 Å². The number of hydrogen-bond donors (Lipinski definition) is 2. The van der Waals surface area contributed by atoms with E-state index < -0.39 is 11.6 Å². The molecule has 6 nitrogen and oxygen atoms in total. The summed E-state index contributed by atoms with van der Waals surface area (Å²) >= 11 is 0. The highest BCUT2D eigenvalue weighted by Crippen LogP contribution is 2.39. The Labute approximate surface area is 195 Å². The highest BCUT2D eigenvalue weighted by Gasteiger charge is 2.25. The number of rotatable bonds is 7. The van der Waals surface area contributed by atoms with Crippen LogP contribution in [-0.4, -0.2) is 20.9 Å². The van der Waals surface area contributed by atoms with Gasteiger partial charge >= 0.3 is 0 Å². The van der Waals surface area contributed by atoms with Gasteiger partial charge in [-0.2, -0.15) is 0 Å². The largest absolute Gasteiger partial charge is 0.457 e. The lowest BCUT2D eigenvalue weighted by Gasteiger charge is -2.13. The first kappa shape index (κ1) is 21.8. The number of H-pyrrole nitrogens is 1. The normalized spacial score (nSPS) is 13.0. The average Bonchev–Trinajstić information content (AvgIpc) is 3.55. The van der Waals surface area contributed by atoms with Crippen LogP contribution in [0.1, 0.15) is 45.9 Å². The molecule has 0 radical (unpaired) electrons. The summed E-state index contributed by atoms with van der Waals surface area (Å²) < 4.78 is 32.9. The molecule has 0 aliphatic heterocycles. The van der Waals surface area contributed by atoms with Crippen LogP contribution in [0.25, 0.3) is 11.5 Å². The van der Waals surface area contributed by atoms with E-state index in [1.807, 2.05) is 6.20 Å². The summed E-state index contributed by atoms with van der Waals surface area (Å²) in [5.74, 6) is 0.580. The zero-order valence-corrected chi connectivity index (χ0v) is 18.4. The quantitative estimate of drug-likeness (QED) is 0.373. The number of hydrogen-bond acceptors (Lipinski definition) is 4.